The van der Waals surface area contributed by atoms with Crippen molar-refractivity contribution in [2.24, 2.45) is 5.92 Å². The highest BCUT2D eigenvalue weighted by atomic mass is 16.5. The molecule has 1 aliphatic rings. The van der Waals surface area contributed by atoms with Gasteiger partial charge in [-0.2, -0.15) is 4.98 Å². The number of hydrogen-bond acceptors (Lipinski definition) is 7. The lowest BCUT2D eigenvalue weighted by Crippen LogP contribution is -2.29. The lowest BCUT2D eigenvalue weighted by atomic mass is 9.93. The lowest BCUT2D eigenvalue weighted by molar-refractivity contribution is -0.0493. The summed E-state index contributed by atoms with van der Waals surface area (Å²) in [6.07, 6.45) is 1.04. The molecule has 0 saturated carbocycles. The number of aromatic amines is 1. The summed E-state index contributed by atoms with van der Waals surface area (Å²) in [4.78, 5) is 23.6. The van der Waals surface area contributed by atoms with Crippen LogP contribution in [0.2, 0.25) is 0 Å². The van der Waals surface area contributed by atoms with Gasteiger partial charge in [0.25, 0.3) is 5.56 Å². The first-order valence-electron chi connectivity index (χ1n) is 8.94. The van der Waals surface area contributed by atoms with Crippen LogP contribution in [0, 0.1) is 5.92 Å². The van der Waals surface area contributed by atoms with Gasteiger partial charge in [0.1, 0.15) is 6.10 Å². The average molecular weight is 365 g/mol. The van der Waals surface area contributed by atoms with Crippen LogP contribution in [0.25, 0.3) is 11.2 Å². The van der Waals surface area contributed by atoms with Gasteiger partial charge in [0.2, 0.25) is 5.95 Å². The number of aliphatic hydroxyl groups excluding tert-OH is 2. The summed E-state index contributed by atoms with van der Waals surface area (Å²) in [6.45, 7) is 7.72. The van der Waals surface area contributed by atoms with Crippen LogP contribution in [-0.2, 0) is 4.74 Å². The van der Waals surface area contributed by atoms with Crippen molar-refractivity contribution < 1.29 is 14.9 Å². The molecule has 2 aromatic rings. The van der Waals surface area contributed by atoms with Crippen LogP contribution < -0.4 is 10.9 Å². The van der Waals surface area contributed by atoms with E-state index < -0.39 is 18.4 Å². The first-order chi connectivity index (χ1) is 12.2. The Balaban J connectivity index is 2.01. The highest BCUT2D eigenvalue weighted by Crippen LogP contribution is 2.37. The minimum atomic E-state index is -0.815. The predicted molar refractivity (Wildman–Crippen MR) is 96.9 cm³/mol. The van der Waals surface area contributed by atoms with Gasteiger partial charge in [-0.25, -0.2) is 4.98 Å². The molecule has 144 valence electrons. The van der Waals surface area contributed by atoms with Crippen LogP contribution >= 0.6 is 0 Å². The van der Waals surface area contributed by atoms with E-state index in [-0.39, 0.29) is 29.1 Å². The predicted octanol–water partition coefficient (Wildman–Crippen LogP) is 0.997. The van der Waals surface area contributed by atoms with Crippen LogP contribution in [0.3, 0.4) is 0 Å². The smallest absolute Gasteiger partial charge is 0.280 e. The largest absolute Gasteiger partial charge is 0.394 e. The normalized spacial score (nSPS) is 26.5. The summed E-state index contributed by atoms with van der Waals surface area (Å²) in [7, 11) is 0. The van der Waals surface area contributed by atoms with E-state index in [2.05, 4.69) is 20.3 Å². The molecule has 0 bridgehead atoms. The van der Waals surface area contributed by atoms with Gasteiger partial charge in [0.15, 0.2) is 17.4 Å². The van der Waals surface area contributed by atoms with E-state index in [4.69, 9.17) is 4.74 Å². The maximum Gasteiger partial charge on any atom is 0.280 e. The molecule has 9 nitrogen and oxygen atoms in total. The summed E-state index contributed by atoms with van der Waals surface area (Å²) < 4.78 is 7.44. The molecule has 9 heteroatoms. The maximum atomic E-state index is 12.3. The van der Waals surface area contributed by atoms with Crippen molar-refractivity contribution >= 4 is 17.1 Å². The first kappa shape index (κ1) is 18.8. The third-order valence-corrected chi connectivity index (χ3v) is 4.52. The van der Waals surface area contributed by atoms with Crippen molar-refractivity contribution in [3.05, 3.63) is 16.7 Å². The monoisotopic (exact) mass is 365 g/mol. The zero-order valence-electron chi connectivity index (χ0n) is 15.6. The number of nitrogens with zero attached hydrogens (tertiary/aromatic N) is 3. The Labute approximate surface area is 151 Å². The molecule has 4 N–H and O–H groups in total. The van der Waals surface area contributed by atoms with E-state index in [9.17, 15) is 15.0 Å². The molecule has 0 aliphatic carbocycles. The average Bonchev–Trinajstić information content (AvgIpc) is 3.08. The SMILES string of the molecule is CCCC1C(CO)OC(n2cnc3c(=O)[nH]c(NC(C)(C)C)nc32)C1O. The zero-order chi connectivity index (χ0) is 19.1. The molecule has 4 atom stereocenters. The molecule has 0 radical (unpaired) electrons. The van der Waals surface area contributed by atoms with E-state index in [0.717, 1.165) is 12.8 Å². The molecule has 1 saturated heterocycles. The van der Waals surface area contributed by atoms with Gasteiger partial charge >= 0.3 is 0 Å². The zero-order valence-corrected chi connectivity index (χ0v) is 15.6. The van der Waals surface area contributed by atoms with Crippen molar-refractivity contribution in [3.63, 3.8) is 0 Å². The second-order valence-corrected chi connectivity index (χ2v) is 7.80. The molecule has 1 fully saturated rings. The Morgan fingerprint density at radius 2 is 2.15 bits per heavy atom. The van der Waals surface area contributed by atoms with E-state index in [1.165, 1.54) is 6.33 Å². The molecule has 0 spiro atoms. The molecule has 26 heavy (non-hydrogen) atoms. The van der Waals surface area contributed by atoms with Gasteiger partial charge in [-0.15, -0.1) is 0 Å². The van der Waals surface area contributed by atoms with Crippen molar-refractivity contribution in [2.45, 2.75) is 64.5 Å². The van der Waals surface area contributed by atoms with Crippen LogP contribution in [0.1, 0.15) is 46.8 Å². The van der Waals surface area contributed by atoms with Gasteiger partial charge in [-0.3, -0.25) is 14.3 Å². The van der Waals surface area contributed by atoms with Crippen molar-refractivity contribution in [3.8, 4) is 0 Å². The highest BCUT2D eigenvalue weighted by molar-refractivity contribution is 5.71. The van der Waals surface area contributed by atoms with Crippen LogP contribution in [0.5, 0.6) is 0 Å². The highest BCUT2D eigenvalue weighted by Gasteiger charge is 2.44. The van der Waals surface area contributed by atoms with Crippen molar-refractivity contribution in [1.29, 1.82) is 0 Å². The molecule has 0 aromatic carbocycles. The minimum Gasteiger partial charge on any atom is -0.394 e. The molecule has 3 rings (SSSR count). The summed E-state index contributed by atoms with van der Waals surface area (Å²) in [5, 5.41) is 23.4. The van der Waals surface area contributed by atoms with Gasteiger partial charge < -0.3 is 20.3 Å². The van der Waals surface area contributed by atoms with Crippen LogP contribution in [0.15, 0.2) is 11.1 Å². The Hall–Kier alpha value is -1.97. The molecule has 3 heterocycles. The van der Waals surface area contributed by atoms with Crippen molar-refractivity contribution in [2.75, 3.05) is 11.9 Å². The number of anilines is 1. The molecule has 0 amide bonds. The van der Waals surface area contributed by atoms with Gasteiger partial charge in [-0.1, -0.05) is 13.3 Å². The Morgan fingerprint density at radius 1 is 1.42 bits per heavy atom. The summed E-state index contributed by atoms with van der Waals surface area (Å²) >= 11 is 0. The standard InChI is InChI=1S/C17H27N5O4/c1-5-6-9-10(7-23)26-15(12(9)24)22-8-18-11-13(22)19-16(20-14(11)25)21-17(2,3)4/h8-10,12,15,23-24H,5-7H2,1-4H3,(H2,19,20,21,25). The molecular weight excluding hydrogens is 338 g/mol. The second-order valence-electron chi connectivity index (χ2n) is 7.80. The molecule has 2 aromatic heterocycles. The number of imidazole rings is 1. The van der Waals surface area contributed by atoms with E-state index in [0.29, 0.717) is 11.6 Å². The third-order valence-electron chi connectivity index (χ3n) is 4.52. The number of fused-ring (bicyclic) bond motifs is 1. The van der Waals surface area contributed by atoms with Gasteiger partial charge in [0.05, 0.1) is 19.0 Å². The summed E-state index contributed by atoms with van der Waals surface area (Å²) in [5.74, 6) is 0.148. The number of hydrogen-bond donors (Lipinski definition) is 4. The number of rotatable bonds is 5. The first-order valence-corrected chi connectivity index (χ1v) is 8.94. The number of aliphatic hydroxyl groups is 2. The fourth-order valence-corrected chi connectivity index (χ4v) is 3.42. The maximum absolute atomic E-state index is 12.3. The van der Waals surface area contributed by atoms with Crippen LogP contribution in [0.4, 0.5) is 5.95 Å². The number of aromatic nitrogens is 4. The summed E-state index contributed by atoms with van der Waals surface area (Å²) in [5.41, 5.74) is -0.138. The Morgan fingerprint density at radius 3 is 2.77 bits per heavy atom. The Bertz CT molecular complexity index is 825. The molecular formula is C17H27N5O4. The van der Waals surface area contributed by atoms with Gasteiger partial charge in [0, 0.05) is 11.5 Å². The fourth-order valence-electron chi connectivity index (χ4n) is 3.42. The second kappa shape index (κ2) is 6.98. The van der Waals surface area contributed by atoms with E-state index in [1.807, 2.05) is 27.7 Å². The fraction of sp³-hybridized carbons (Fsp3) is 0.706. The molecule has 1 aliphatic heterocycles. The Kier molecular flexibility index (Phi) is 5.05. The topological polar surface area (TPSA) is 125 Å². The van der Waals surface area contributed by atoms with Crippen LogP contribution in [-0.4, -0.2) is 54.1 Å². The lowest BCUT2D eigenvalue weighted by Gasteiger charge is -2.21. The number of nitrogens with one attached hydrogen (secondary N) is 2. The minimum absolute atomic E-state index is 0.171. The van der Waals surface area contributed by atoms with Gasteiger partial charge in [-0.05, 0) is 27.2 Å². The summed E-state index contributed by atoms with van der Waals surface area (Å²) in [6, 6.07) is 0. The van der Waals surface area contributed by atoms with E-state index in [1.54, 1.807) is 4.57 Å². The molecule has 4 unspecified atom stereocenters. The number of H-pyrrole nitrogens is 1. The number of ether oxygens (including phenoxy) is 1. The van der Waals surface area contributed by atoms with E-state index >= 15 is 0 Å². The third kappa shape index (κ3) is 3.46. The van der Waals surface area contributed by atoms with Crippen molar-refractivity contribution in [1.82, 2.24) is 19.5 Å². The quantitative estimate of drug-likeness (QED) is 0.623.